The second kappa shape index (κ2) is 6.86. The lowest BCUT2D eigenvalue weighted by Crippen LogP contribution is -2.45. The number of β-amino-alcohol motifs (C(OH)–C–C–N with tert-alkyl or cyclic N) is 1. The topological polar surface area (TPSA) is 49.8 Å². The first-order valence-corrected chi connectivity index (χ1v) is 7.15. The highest BCUT2D eigenvalue weighted by Crippen LogP contribution is 2.23. The number of ether oxygens (including phenoxy) is 1. The standard InChI is InChI=1S/C16H23NO3/c1-12-8-9-17(11-15(12)18)10-14(16(19)20-2)13-6-4-3-5-7-13/h3-7,12,14-15,18H,8-11H2,1-2H3. The Labute approximate surface area is 120 Å². The number of hydrogen-bond acceptors (Lipinski definition) is 4. The minimum atomic E-state index is -0.308. The van der Waals surface area contributed by atoms with Crippen LogP contribution in [0, 0.1) is 5.92 Å². The molecule has 1 N–H and O–H groups in total. The maximum atomic E-state index is 12.0. The van der Waals surface area contributed by atoms with Crippen molar-refractivity contribution in [1.29, 1.82) is 0 Å². The molecule has 0 radical (unpaired) electrons. The Kier molecular flexibility index (Phi) is 5.15. The van der Waals surface area contributed by atoms with E-state index in [-0.39, 0.29) is 18.0 Å². The van der Waals surface area contributed by atoms with Crippen molar-refractivity contribution in [2.24, 2.45) is 5.92 Å². The molecule has 1 fully saturated rings. The van der Waals surface area contributed by atoms with Gasteiger partial charge in [0.15, 0.2) is 0 Å². The van der Waals surface area contributed by atoms with Gasteiger partial charge in [0.25, 0.3) is 0 Å². The van der Waals surface area contributed by atoms with Gasteiger partial charge < -0.3 is 9.84 Å². The summed E-state index contributed by atoms with van der Waals surface area (Å²) in [7, 11) is 1.42. The second-order valence-corrected chi connectivity index (χ2v) is 5.58. The van der Waals surface area contributed by atoms with Crippen LogP contribution in [0.3, 0.4) is 0 Å². The van der Waals surface area contributed by atoms with E-state index in [9.17, 15) is 9.90 Å². The van der Waals surface area contributed by atoms with Crippen molar-refractivity contribution in [3.8, 4) is 0 Å². The average Bonchev–Trinajstić information content (AvgIpc) is 2.48. The fourth-order valence-corrected chi connectivity index (χ4v) is 2.68. The molecule has 4 nitrogen and oxygen atoms in total. The number of methoxy groups -OCH3 is 1. The summed E-state index contributed by atoms with van der Waals surface area (Å²) in [4.78, 5) is 14.2. The molecule has 1 aliphatic heterocycles. The summed E-state index contributed by atoms with van der Waals surface area (Å²) >= 11 is 0. The molecule has 110 valence electrons. The summed E-state index contributed by atoms with van der Waals surface area (Å²) in [6, 6.07) is 9.69. The number of esters is 1. The van der Waals surface area contributed by atoms with E-state index in [4.69, 9.17) is 4.74 Å². The first-order chi connectivity index (χ1) is 9.61. The minimum absolute atomic E-state index is 0.218. The molecule has 3 atom stereocenters. The van der Waals surface area contributed by atoms with Gasteiger partial charge in [0.05, 0.1) is 19.1 Å². The first-order valence-electron chi connectivity index (χ1n) is 7.15. The molecule has 0 saturated carbocycles. The Morgan fingerprint density at radius 3 is 2.75 bits per heavy atom. The quantitative estimate of drug-likeness (QED) is 0.850. The zero-order chi connectivity index (χ0) is 14.5. The molecule has 0 amide bonds. The van der Waals surface area contributed by atoms with Gasteiger partial charge in [-0.3, -0.25) is 9.69 Å². The summed E-state index contributed by atoms with van der Waals surface area (Å²) in [6.07, 6.45) is 0.655. The highest BCUT2D eigenvalue weighted by molar-refractivity contribution is 5.78. The van der Waals surface area contributed by atoms with Gasteiger partial charge in [-0.1, -0.05) is 37.3 Å². The number of nitrogens with zero attached hydrogens (tertiary/aromatic N) is 1. The van der Waals surface area contributed by atoms with Crippen molar-refractivity contribution in [1.82, 2.24) is 4.90 Å². The number of aliphatic hydroxyl groups is 1. The molecular weight excluding hydrogens is 254 g/mol. The fraction of sp³-hybridized carbons (Fsp3) is 0.562. The Morgan fingerprint density at radius 1 is 1.45 bits per heavy atom. The summed E-state index contributed by atoms with van der Waals surface area (Å²) in [5, 5.41) is 9.97. The number of benzene rings is 1. The van der Waals surface area contributed by atoms with E-state index in [1.54, 1.807) is 0 Å². The monoisotopic (exact) mass is 277 g/mol. The molecule has 1 heterocycles. The van der Waals surface area contributed by atoms with Gasteiger partial charge in [0.1, 0.15) is 0 Å². The van der Waals surface area contributed by atoms with Crippen LogP contribution in [0.1, 0.15) is 24.8 Å². The van der Waals surface area contributed by atoms with E-state index in [0.717, 1.165) is 18.5 Å². The fourth-order valence-electron chi connectivity index (χ4n) is 2.68. The van der Waals surface area contributed by atoms with E-state index in [1.165, 1.54) is 7.11 Å². The van der Waals surface area contributed by atoms with Crippen molar-refractivity contribution in [2.75, 3.05) is 26.7 Å². The van der Waals surface area contributed by atoms with Gasteiger partial charge in [-0.2, -0.15) is 0 Å². The largest absolute Gasteiger partial charge is 0.469 e. The molecule has 0 bridgehead atoms. The van der Waals surface area contributed by atoms with Gasteiger partial charge >= 0.3 is 5.97 Å². The normalized spacial score (nSPS) is 25.1. The number of likely N-dealkylation sites (tertiary alicyclic amines) is 1. The summed E-state index contributed by atoms with van der Waals surface area (Å²) < 4.78 is 4.93. The maximum absolute atomic E-state index is 12.0. The molecular formula is C16H23NO3. The summed E-state index contributed by atoms with van der Waals surface area (Å²) in [6.45, 7) is 4.21. The van der Waals surface area contributed by atoms with Crippen LogP contribution in [0.5, 0.6) is 0 Å². The maximum Gasteiger partial charge on any atom is 0.314 e. The van der Waals surface area contributed by atoms with E-state index in [1.807, 2.05) is 30.3 Å². The molecule has 20 heavy (non-hydrogen) atoms. The van der Waals surface area contributed by atoms with Crippen LogP contribution in [0.25, 0.3) is 0 Å². The van der Waals surface area contributed by atoms with Gasteiger partial charge in [-0.05, 0) is 24.4 Å². The zero-order valence-corrected chi connectivity index (χ0v) is 12.2. The van der Waals surface area contributed by atoms with Crippen LogP contribution < -0.4 is 0 Å². The number of carbonyl (C=O) groups excluding carboxylic acids is 1. The number of rotatable bonds is 4. The van der Waals surface area contributed by atoms with E-state index < -0.39 is 0 Å². The van der Waals surface area contributed by atoms with Crippen LogP contribution in [-0.2, 0) is 9.53 Å². The predicted molar refractivity (Wildman–Crippen MR) is 77.4 cm³/mol. The lowest BCUT2D eigenvalue weighted by Gasteiger charge is -2.35. The third-order valence-corrected chi connectivity index (χ3v) is 4.13. The molecule has 4 heteroatoms. The number of hydrogen-bond donors (Lipinski definition) is 1. The Hall–Kier alpha value is -1.39. The molecule has 1 aliphatic rings. The molecule has 1 aromatic rings. The van der Waals surface area contributed by atoms with Crippen molar-refractivity contribution in [3.05, 3.63) is 35.9 Å². The SMILES string of the molecule is COC(=O)C(CN1CCC(C)C(O)C1)c1ccccc1. The zero-order valence-electron chi connectivity index (χ0n) is 12.2. The van der Waals surface area contributed by atoms with Crippen LogP contribution >= 0.6 is 0 Å². The molecule has 0 spiro atoms. The molecule has 3 unspecified atom stereocenters. The Balaban J connectivity index is 2.07. The van der Waals surface area contributed by atoms with E-state index >= 15 is 0 Å². The molecule has 0 aliphatic carbocycles. The molecule has 1 saturated heterocycles. The van der Waals surface area contributed by atoms with Crippen LogP contribution in [0.2, 0.25) is 0 Å². The number of aliphatic hydroxyl groups excluding tert-OH is 1. The van der Waals surface area contributed by atoms with E-state index in [2.05, 4.69) is 11.8 Å². The third kappa shape index (κ3) is 3.58. The van der Waals surface area contributed by atoms with Crippen molar-refractivity contribution in [2.45, 2.75) is 25.4 Å². The summed E-state index contributed by atoms with van der Waals surface area (Å²) in [5.41, 5.74) is 0.965. The van der Waals surface area contributed by atoms with Crippen LogP contribution in [0.4, 0.5) is 0 Å². The Morgan fingerprint density at radius 2 is 2.15 bits per heavy atom. The molecule has 1 aromatic carbocycles. The van der Waals surface area contributed by atoms with Crippen molar-refractivity contribution >= 4 is 5.97 Å². The average molecular weight is 277 g/mol. The number of piperidine rings is 1. The van der Waals surface area contributed by atoms with Crippen molar-refractivity contribution < 1.29 is 14.6 Å². The predicted octanol–water partition coefficient (Wildman–Crippen LogP) is 1.65. The minimum Gasteiger partial charge on any atom is -0.469 e. The summed E-state index contributed by atoms with van der Waals surface area (Å²) in [5.74, 6) is -0.175. The molecule has 0 aromatic heterocycles. The number of carbonyl (C=O) groups is 1. The third-order valence-electron chi connectivity index (χ3n) is 4.13. The first kappa shape index (κ1) is 15.0. The van der Waals surface area contributed by atoms with Gasteiger partial charge in [-0.25, -0.2) is 0 Å². The van der Waals surface area contributed by atoms with Gasteiger partial charge in [-0.15, -0.1) is 0 Å². The second-order valence-electron chi connectivity index (χ2n) is 5.58. The van der Waals surface area contributed by atoms with Gasteiger partial charge in [0.2, 0.25) is 0 Å². The highest BCUT2D eigenvalue weighted by Gasteiger charge is 2.29. The Bertz CT molecular complexity index is 435. The lowest BCUT2D eigenvalue weighted by atomic mass is 9.93. The molecule has 2 rings (SSSR count). The van der Waals surface area contributed by atoms with Crippen LogP contribution in [-0.4, -0.2) is 48.8 Å². The van der Waals surface area contributed by atoms with E-state index in [0.29, 0.717) is 19.0 Å². The highest BCUT2D eigenvalue weighted by atomic mass is 16.5. The van der Waals surface area contributed by atoms with Crippen molar-refractivity contribution in [3.63, 3.8) is 0 Å². The lowest BCUT2D eigenvalue weighted by molar-refractivity contribution is -0.143. The smallest absolute Gasteiger partial charge is 0.314 e. The van der Waals surface area contributed by atoms with Crippen LogP contribution in [0.15, 0.2) is 30.3 Å². The van der Waals surface area contributed by atoms with Gasteiger partial charge in [0, 0.05) is 13.1 Å².